The summed E-state index contributed by atoms with van der Waals surface area (Å²) in [5.74, 6) is -1.05. The van der Waals surface area contributed by atoms with Crippen LogP contribution in [0.4, 0.5) is 5.69 Å². The van der Waals surface area contributed by atoms with Crippen molar-refractivity contribution in [1.29, 1.82) is 0 Å². The van der Waals surface area contributed by atoms with Crippen molar-refractivity contribution in [1.82, 2.24) is 20.0 Å². The van der Waals surface area contributed by atoms with Crippen molar-refractivity contribution in [3.05, 3.63) is 36.4 Å². The number of hydrogen-bond acceptors (Lipinski definition) is 7. The zero-order valence-corrected chi connectivity index (χ0v) is 27.5. The van der Waals surface area contributed by atoms with Crippen molar-refractivity contribution in [2.24, 2.45) is 23.7 Å². The molecule has 5 aliphatic rings. The van der Waals surface area contributed by atoms with Crippen LogP contribution in [0.25, 0.3) is 0 Å². The molecule has 44 heavy (non-hydrogen) atoms. The number of carbonyl (C=O) groups excluding carboxylic acids is 3. The first-order valence-corrected chi connectivity index (χ1v) is 17.9. The average Bonchev–Trinajstić information content (AvgIpc) is 3.67. The summed E-state index contributed by atoms with van der Waals surface area (Å²) < 4.78 is 6.58. The van der Waals surface area contributed by atoms with E-state index in [2.05, 4.69) is 41.2 Å². The maximum atomic E-state index is 14.4. The molecule has 0 radical (unpaired) electrons. The fourth-order valence-electron chi connectivity index (χ4n) is 8.28. The maximum Gasteiger partial charge on any atom is 0.246 e. The highest BCUT2D eigenvalue weighted by Gasteiger charge is 2.72. The van der Waals surface area contributed by atoms with E-state index in [-0.39, 0.29) is 23.8 Å². The van der Waals surface area contributed by atoms with E-state index >= 15 is 0 Å². The van der Waals surface area contributed by atoms with E-state index < -0.39 is 29.6 Å². The third kappa shape index (κ3) is 5.83. The summed E-state index contributed by atoms with van der Waals surface area (Å²) in [6, 6.07) is 6.99. The van der Waals surface area contributed by atoms with Gasteiger partial charge in [0.2, 0.25) is 17.7 Å². The van der Waals surface area contributed by atoms with Gasteiger partial charge in [-0.3, -0.25) is 14.4 Å². The van der Waals surface area contributed by atoms with Crippen LogP contribution in [0.5, 0.6) is 0 Å². The SMILES string of the molecule is CCN1CCN(CCCN2C(=O)[C@H]3[C@H](C(=O)Nc4cccc(SC)c4)[C@H]4C=C[C@@]3(O4)[C@@H]2C(=O)N[C@@H]2CCC[C@@H](C)[C@H]2C)CC1. The Morgan fingerprint density at radius 1 is 1.07 bits per heavy atom. The second kappa shape index (κ2) is 13.1. The lowest BCUT2D eigenvalue weighted by molar-refractivity contribution is -0.141. The minimum absolute atomic E-state index is 0.0684. The first-order chi connectivity index (χ1) is 21.3. The Labute approximate surface area is 266 Å². The lowest BCUT2D eigenvalue weighted by Gasteiger charge is -2.38. The van der Waals surface area contributed by atoms with Gasteiger partial charge in [-0.2, -0.15) is 0 Å². The number of benzene rings is 1. The van der Waals surface area contributed by atoms with Gasteiger partial charge in [0.15, 0.2) is 0 Å². The number of ether oxygens (including phenoxy) is 1. The first-order valence-electron chi connectivity index (χ1n) is 16.6. The van der Waals surface area contributed by atoms with Gasteiger partial charge in [0.25, 0.3) is 0 Å². The van der Waals surface area contributed by atoms with Crippen LogP contribution in [0.15, 0.2) is 41.3 Å². The molecule has 2 N–H and O–H groups in total. The normalized spacial score (nSPS) is 35.2. The molecule has 240 valence electrons. The van der Waals surface area contributed by atoms with Crippen LogP contribution in [-0.4, -0.2) is 108 Å². The number of fused-ring (bicyclic) bond motifs is 1. The molecule has 0 unspecified atom stereocenters. The molecule has 6 rings (SSSR count). The molecule has 1 saturated carbocycles. The summed E-state index contributed by atoms with van der Waals surface area (Å²) in [5.41, 5.74) is -0.437. The molecule has 10 heteroatoms. The minimum Gasteiger partial charge on any atom is -0.359 e. The highest BCUT2D eigenvalue weighted by Crippen LogP contribution is 2.55. The number of likely N-dealkylation sites (N-methyl/N-ethyl adjacent to an activating group) is 1. The van der Waals surface area contributed by atoms with Crippen LogP contribution in [-0.2, 0) is 19.1 Å². The average molecular weight is 624 g/mol. The number of amides is 3. The smallest absolute Gasteiger partial charge is 0.246 e. The van der Waals surface area contributed by atoms with Crippen molar-refractivity contribution in [2.45, 2.75) is 75.1 Å². The molecular formula is C34H49N5O4S. The fraction of sp³-hybridized carbons (Fsp3) is 0.676. The fourth-order valence-corrected chi connectivity index (χ4v) is 8.73. The third-order valence-electron chi connectivity index (χ3n) is 11.1. The van der Waals surface area contributed by atoms with Crippen LogP contribution in [0.1, 0.15) is 46.5 Å². The number of nitrogens with zero attached hydrogens (tertiary/aromatic N) is 3. The van der Waals surface area contributed by atoms with Crippen molar-refractivity contribution in [3.8, 4) is 0 Å². The van der Waals surface area contributed by atoms with E-state index in [0.717, 1.165) is 63.4 Å². The summed E-state index contributed by atoms with van der Waals surface area (Å²) in [6.45, 7) is 13.2. The molecule has 8 atom stereocenters. The van der Waals surface area contributed by atoms with Crippen molar-refractivity contribution < 1.29 is 19.1 Å². The molecule has 9 nitrogen and oxygen atoms in total. The maximum absolute atomic E-state index is 14.4. The van der Waals surface area contributed by atoms with E-state index in [1.54, 1.807) is 16.7 Å². The molecule has 3 saturated heterocycles. The van der Waals surface area contributed by atoms with Crippen molar-refractivity contribution >= 4 is 35.2 Å². The van der Waals surface area contributed by atoms with Crippen LogP contribution >= 0.6 is 11.8 Å². The Balaban J connectivity index is 1.22. The first kappa shape index (κ1) is 31.6. The summed E-state index contributed by atoms with van der Waals surface area (Å²) in [5, 5.41) is 6.42. The summed E-state index contributed by atoms with van der Waals surface area (Å²) in [7, 11) is 0. The highest BCUT2D eigenvalue weighted by atomic mass is 32.2. The van der Waals surface area contributed by atoms with Gasteiger partial charge in [-0.05, 0) is 62.2 Å². The number of hydrogen-bond donors (Lipinski definition) is 2. The standard InChI is InChI=1S/C34H49N5O4S/c1-5-37-17-19-38(20-18-37)15-8-16-39-30(32(41)36-26-12-6-9-22(2)23(26)3)34-14-13-27(43-34)28(29(34)33(39)42)31(40)35-24-10-7-11-25(21-24)44-4/h7,10-11,13-14,21-23,26-30H,5-6,8-9,12,15-20H2,1-4H3,(H,35,40)(H,36,41)/t22-,23-,26-,27-,28-,29-,30+,34+/m1/s1. The van der Waals surface area contributed by atoms with E-state index in [9.17, 15) is 14.4 Å². The molecule has 0 aromatic heterocycles. The van der Waals surface area contributed by atoms with Gasteiger partial charge in [-0.15, -0.1) is 11.8 Å². The van der Waals surface area contributed by atoms with Crippen LogP contribution in [0.3, 0.4) is 0 Å². The van der Waals surface area contributed by atoms with Gasteiger partial charge in [-0.25, -0.2) is 0 Å². The third-order valence-corrected chi connectivity index (χ3v) is 11.8. The molecule has 1 spiro atoms. The number of rotatable bonds is 10. The van der Waals surface area contributed by atoms with E-state index in [0.29, 0.717) is 24.1 Å². The summed E-state index contributed by atoms with van der Waals surface area (Å²) >= 11 is 1.61. The monoisotopic (exact) mass is 623 g/mol. The molecule has 4 fully saturated rings. The molecule has 3 amide bonds. The van der Waals surface area contributed by atoms with Gasteiger partial charge >= 0.3 is 0 Å². The number of likely N-dealkylation sites (tertiary alicyclic amines) is 1. The van der Waals surface area contributed by atoms with Gasteiger partial charge in [0.05, 0.1) is 17.9 Å². The lowest BCUT2D eigenvalue weighted by Crippen LogP contribution is -2.58. The predicted molar refractivity (Wildman–Crippen MR) is 173 cm³/mol. The zero-order chi connectivity index (χ0) is 31.0. The Bertz CT molecular complexity index is 1270. The number of piperazine rings is 1. The molecule has 1 aromatic rings. The quantitative estimate of drug-likeness (QED) is 0.305. The van der Waals surface area contributed by atoms with E-state index in [4.69, 9.17) is 4.74 Å². The Hall–Kier alpha value is -2.40. The van der Waals surface area contributed by atoms with Crippen LogP contribution in [0, 0.1) is 23.7 Å². The summed E-state index contributed by atoms with van der Waals surface area (Å²) in [6.07, 6.45) is 9.24. The molecule has 2 bridgehead atoms. The van der Waals surface area contributed by atoms with E-state index in [1.807, 2.05) is 42.7 Å². The molecule has 1 aromatic carbocycles. The number of anilines is 1. The molecule has 4 heterocycles. The van der Waals surface area contributed by atoms with Crippen molar-refractivity contribution in [2.75, 3.05) is 57.4 Å². The number of carbonyl (C=O) groups is 3. The molecule has 4 aliphatic heterocycles. The van der Waals surface area contributed by atoms with Gasteiger partial charge < -0.3 is 30.1 Å². The number of nitrogens with one attached hydrogen (secondary N) is 2. The van der Waals surface area contributed by atoms with E-state index in [1.165, 1.54) is 6.42 Å². The lowest BCUT2D eigenvalue weighted by atomic mass is 9.73. The minimum atomic E-state index is -1.13. The Morgan fingerprint density at radius 3 is 2.59 bits per heavy atom. The predicted octanol–water partition coefficient (Wildman–Crippen LogP) is 3.47. The molecule has 1 aliphatic carbocycles. The van der Waals surface area contributed by atoms with Gasteiger partial charge in [-0.1, -0.05) is 51.8 Å². The number of thioether (sulfide) groups is 1. The van der Waals surface area contributed by atoms with Crippen LogP contribution in [0.2, 0.25) is 0 Å². The van der Waals surface area contributed by atoms with Crippen molar-refractivity contribution in [3.63, 3.8) is 0 Å². The highest BCUT2D eigenvalue weighted by molar-refractivity contribution is 7.98. The van der Waals surface area contributed by atoms with Crippen LogP contribution < -0.4 is 10.6 Å². The second-order valence-corrected chi connectivity index (χ2v) is 14.3. The second-order valence-electron chi connectivity index (χ2n) is 13.5. The Morgan fingerprint density at radius 2 is 1.84 bits per heavy atom. The topological polar surface area (TPSA) is 94.2 Å². The largest absolute Gasteiger partial charge is 0.359 e. The van der Waals surface area contributed by atoms with Gasteiger partial charge in [0.1, 0.15) is 11.6 Å². The zero-order valence-electron chi connectivity index (χ0n) is 26.7. The summed E-state index contributed by atoms with van der Waals surface area (Å²) in [4.78, 5) is 50.2. The molecular weight excluding hydrogens is 574 g/mol. The Kier molecular flexibility index (Phi) is 9.43. The van der Waals surface area contributed by atoms with Gasteiger partial charge in [0, 0.05) is 49.3 Å².